The van der Waals surface area contributed by atoms with Crippen molar-refractivity contribution in [3.63, 3.8) is 0 Å². The summed E-state index contributed by atoms with van der Waals surface area (Å²) in [4.78, 5) is 0. The number of nitrogens with one attached hydrogen (secondary N) is 1. The average Bonchev–Trinajstić information content (AvgIpc) is 2.19. The van der Waals surface area contributed by atoms with Crippen molar-refractivity contribution in [3.05, 3.63) is 0 Å². The molecule has 0 saturated heterocycles. The van der Waals surface area contributed by atoms with Gasteiger partial charge in [-0.2, -0.15) is 0 Å². The zero-order chi connectivity index (χ0) is 14.2. The van der Waals surface area contributed by atoms with E-state index in [4.69, 9.17) is 5.73 Å². The Kier molecular flexibility index (Phi) is 8.13. The van der Waals surface area contributed by atoms with Crippen LogP contribution in [-0.4, -0.2) is 18.6 Å². The molecule has 0 amide bonds. The molecule has 0 heterocycles. The van der Waals surface area contributed by atoms with E-state index in [-0.39, 0.29) is 11.0 Å². The summed E-state index contributed by atoms with van der Waals surface area (Å²) in [5.74, 6) is 0.839. The molecule has 0 aromatic heterocycles. The van der Waals surface area contributed by atoms with E-state index >= 15 is 0 Å². The van der Waals surface area contributed by atoms with Gasteiger partial charge in [0.1, 0.15) is 0 Å². The summed E-state index contributed by atoms with van der Waals surface area (Å²) in [5, 5.41) is 3.65. The zero-order valence-corrected chi connectivity index (χ0v) is 13.6. The minimum atomic E-state index is -0.0719. The summed E-state index contributed by atoms with van der Waals surface area (Å²) >= 11 is 0. The first kappa shape index (κ1) is 17.9. The van der Waals surface area contributed by atoms with Crippen LogP contribution in [0.3, 0.4) is 0 Å². The molecule has 0 saturated carbocycles. The SMILES string of the molecule is CCCCC(CC)CNCC(C)(C)CC(C)(C)N. The van der Waals surface area contributed by atoms with Gasteiger partial charge in [-0.05, 0) is 44.6 Å². The van der Waals surface area contributed by atoms with Crippen molar-refractivity contribution in [2.45, 2.75) is 79.2 Å². The van der Waals surface area contributed by atoms with Crippen molar-refractivity contribution in [2.75, 3.05) is 13.1 Å². The third-order valence-electron chi connectivity index (χ3n) is 3.51. The lowest BCUT2D eigenvalue weighted by Crippen LogP contribution is -2.42. The maximum absolute atomic E-state index is 6.12. The van der Waals surface area contributed by atoms with E-state index in [0.717, 1.165) is 25.4 Å². The molecule has 0 bridgehead atoms. The Labute approximate surface area is 115 Å². The van der Waals surface area contributed by atoms with Gasteiger partial charge in [0.25, 0.3) is 0 Å². The third kappa shape index (κ3) is 9.90. The second kappa shape index (κ2) is 8.16. The molecule has 3 N–H and O–H groups in total. The van der Waals surface area contributed by atoms with Gasteiger partial charge in [-0.3, -0.25) is 0 Å². The molecule has 0 aliphatic carbocycles. The summed E-state index contributed by atoms with van der Waals surface area (Å²) in [6.07, 6.45) is 6.38. The van der Waals surface area contributed by atoms with E-state index in [1.165, 1.54) is 25.7 Å². The quantitative estimate of drug-likeness (QED) is 0.621. The number of hydrogen-bond acceptors (Lipinski definition) is 2. The Hall–Kier alpha value is -0.0800. The van der Waals surface area contributed by atoms with Gasteiger partial charge < -0.3 is 11.1 Å². The van der Waals surface area contributed by atoms with Crippen molar-refractivity contribution in [3.8, 4) is 0 Å². The molecule has 0 fully saturated rings. The summed E-state index contributed by atoms with van der Waals surface area (Å²) in [6.45, 7) is 15.6. The van der Waals surface area contributed by atoms with Gasteiger partial charge in [-0.15, -0.1) is 0 Å². The molecule has 0 aliphatic heterocycles. The molecule has 2 nitrogen and oxygen atoms in total. The monoisotopic (exact) mass is 256 g/mol. The van der Waals surface area contributed by atoms with Gasteiger partial charge in [0, 0.05) is 12.1 Å². The van der Waals surface area contributed by atoms with Crippen LogP contribution in [0.4, 0.5) is 0 Å². The Morgan fingerprint density at radius 3 is 2.17 bits per heavy atom. The molecule has 1 atom stereocenters. The van der Waals surface area contributed by atoms with Gasteiger partial charge >= 0.3 is 0 Å². The van der Waals surface area contributed by atoms with Crippen molar-refractivity contribution < 1.29 is 0 Å². The first-order chi connectivity index (χ1) is 8.20. The van der Waals surface area contributed by atoms with E-state index in [0.29, 0.717) is 0 Å². The molecule has 0 aliphatic rings. The fraction of sp³-hybridized carbons (Fsp3) is 1.00. The van der Waals surface area contributed by atoms with E-state index in [2.05, 4.69) is 46.9 Å². The number of unbranched alkanes of at least 4 members (excludes halogenated alkanes) is 1. The topological polar surface area (TPSA) is 38.0 Å². The summed E-state index contributed by atoms with van der Waals surface area (Å²) < 4.78 is 0. The molecule has 0 rings (SSSR count). The van der Waals surface area contributed by atoms with Crippen LogP contribution in [0.25, 0.3) is 0 Å². The predicted octanol–water partition coefficient (Wildman–Crippen LogP) is 3.95. The molecule has 2 heteroatoms. The lowest BCUT2D eigenvalue weighted by molar-refractivity contribution is 0.242. The smallest absolute Gasteiger partial charge is 0.0103 e. The highest BCUT2D eigenvalue weighted by Gasteiger charge is 2.25. The van der Waals surface area contributed by atoms with Gasteiger partial charge in [-0.1, -0.05) is 47.0 Å². The number of hydrogen-bond donors (Lipinski definition) is 2. The fourth-order valence-corrected chi connectivity index (χ4v) is 2.85. The van der Waals surface area contributed by atoms with Crippen molar-refractivity contribution in [1.82, 2.24) is 5.32 Å². The number of rotatable bonds is 10. The molecule has 110 valence electrons. The number of nitrogens with two attached hydrogens (primary N) is 1. The van der Waals surface area contributed by atoms with Crippen LogP contribution in [0.5, 0.6) is 0 Å². The van der Waals surface area contributed by atoms with Gasteiger partial charge in [-0.25, -0.2) is 0 Å². The van der Waals surface area contributed by atoms with Crippen LogP contribution < -0.4 is 11.1 Å². The maximum atomic E-state index is 6.12. The molecule has 0 aromatic carbocycles. The highest BCUT2D eigenvalue weighted by molar-refractivity contribution is 4.83. The van der Waals surface area contributed by atoms with E-state index in [1.54, 1.807) is 0 Å². The van der Waals surface area contributed by atoms with Crippen LogP contribution in [0.15, 0.2) is 0 Å². The van der Waals surface area contributed by atoms with Crippen molar-refractivity contribution in [2.24, 2.45) is 17.1 Å². The largest absolute Gasteiger partial charge is 0.326 e. The van der Waals surface area contributed by atoms with Crippen LogP contribution >= 0.6 is 0 Å². The highest BCUT2D eigenvalue weighted by Crippen LogP contribution is 2.25. The third-order valence-corrected chi connectivity index (χ3v) is 3.51. The molecular weight excluding hydrogens is 220 g/mol. The summed E-state index contributed by atoms with van der Waals surface area (Å²) in [5.41, 5.74) is 6.32. The van der Waals surface area contributed by atoms with Crippen LogP contribution in [0.2, 0.25) is 0 Å². The summed E-state index contributed by atoms with van der Waals surface area (Å²) in [6, 6.07) is 0. The summed E-state index contributed by atoms with van der Waals surface area (Å²) in [7, 11) is 0. The van der Waals surface area contributed by atoms with Crippen molar-refractivity contribution in [1.29, 1.82) is 0 Å². The van der Waals surface area contributed by atoms with Crippen molar-refractivity contribution >= 4 is 0 Å². The lowest BCUT2D eigenvalue weighted by atomic mass is 9.80. The Morgan fingerprint density at radius 1 is 1.11 bits per heavy atom. The fourth-order valence-electron chi connectivity index (χ4n) is 2.85. The Bertz CT molecular complexity index is 204. The minimum Gasteiger partial charge on any atom is -0.326 e. The zero-order valence-electron chi connectivity index (χ0n) is 13.6. The Balaban J connectivity index is 3.93. The second-order valence-electron chi connectivity index (χ2n) is 7.38. The van der Waals surface area contributed by atoms with Crippen LogP contribution in [0.1, 0.15) is 73.6 Å². The highest BCUT2D eigenvalue weighted by atomic mass is 14.9. The van der Waals surface area contributed by atoms with E-state index in [9.17, 15) is 0 Å². The van der Waals surface area contributed by atoms with Crippen LogP contribution in [0, 0.1) is 11.3 Å². The van der Waals surface area contributed by atoms with Gasteiger partial charge in [0.15, 0.2) is 0 Å². The molecular formula is C16H36N2. The molecule has 18 heavy (non-hydrogen) atoms. The molecule has 1 unspecified atom stereocenters. The maximum Gasteiger partial charge on any atom is 0.0103 e. The first-order valence-electron chi connectivity index (χ1n) is 7.70. The molecule has 0 aromatic rings. The van der Waals surface area contributed by atoms with Gasteiger partial charge in [0.05, 0.1) is 0 Å². The predicted molar refractivity (Wildman–Crippen MR) is 82.8 cm³/mol. The average molecular weight is 256 g/mol. The van der Waals surface area contributed by atoms with E-state index in [1.807, 2.05) is 0 Å². The standard InChI is InChI=1S/C16H36N2/c1-7-9-10-14(8-2)11-18-13-15(3,4)12-16(5,6)17/h14,18H,7-13,17H2,1-6H3. The normalized spacial score (nSPS) is 14.8. The minimum absolute atomic E-state index is 0.0719. The van der Waals surface area contributed by atoms with Crippen LogP contribution in [-0.2, 0) is 0 Å². The molecule has 0 spiro atoms. The molecule has 0 radical (unpaired) electrons. The Morgan fingerprint density at radius 2 is 1.72 bits per heavy atom. The lowest BCUT2D eigenvalue weighted by Gasteiger charge is -2.33. The first-order valence-corrected chi connectivity index (χ1v) is 7.70. The second-order valence-corrected chi connectivity index (χ2v) is 7.38. The van der Waals surface area contributed by atoms with Gasteiger partial charge in [0.2, 0.25) is 0 Å². The van der Waals surface area contributed by atoms with E-state index < -0.39 is 0 Å².